The molecule has 1 N–H and O–H groups in total. The van der Waals surface area contributed by atoms with Gasteiger partial charge in [-0.05, 0) is 48.7 Å². The minimum Gasteiger partial charge on any atom is -0.469 e. The Bertz CT molecular complexity index is 1630. The van der Waals surface area contributed by atoms with Gasteiger partial charge < -0.3 is 10.1 Å². The van der Waals surface area contributed by atoms with E-state index in [2.05, 4.69) is 15.3 Å². The van der Waals surface area contributed by atoms with Gasteiger partial charge in [-0.25, -0.2) is 13.2 Å². The number of carbonyl (C=O) groups is 2. The maximum atomic E-state index is 15.2. The molecular weight excluding hydrogens is 555 g/mol. The van der Waals surface area contributed by atoms with Gasteiger partial charge in [0.05, 0.1) is 36.0 Å². The summed E-state index contributed by atoms with van der Waals surface area (Å²) in [6.07, 6.45) is 4.50. The molecule has 210 valence electrons. The van der Waals surface area contributed by atoms with E-state index in [-0.39, 0.29) is 46.4 Å². The summed E-state index contributed by atoms with van der Waals surface area (Å²) in [5, 5.41) is 2.66. The molecular formula is C31H25ClF3N3O3. The molecule has 0 fully saturated rings. The fourth-order valence-electron chi connectivity index (χ4n) is 4.98. The molecule has 1 aliphatic rings. The van der Waals surface area contributed by atoms with Crippen LogP contribution in [0.2, 0.25) is 5.02 Å². The lowest BCUT2D eigenvalue weighted by Crippen LogP contribution is -2.14. The van der Waals surface area contributed by atoms with Crippen molar-refractivity contribution < 1.29 is 27.5 Å². The summed E-state index contributed by atoms with van der Waals surface area (Å²) in [4.78, 5) is 33.5. The smallest absolute Gasteiger partial charge is 0.309 e. The minimum absolute atomic E-state index is 0.00352. The number of fused-ring (bicyclic) bond motifs is 4. The first-order valence-electron chi connectivity index (χ1n) is 13.0. The molecule has 0 radical (unpaired) electrons. The van der Waals surface area contributed by atoms with Gasteiger partial charge in [0.25, 0.3) is 0 Å². The lowest BCUT2D eigenvalue weighted by Gasteiger charge is -2.20. The van der Waals surface area contributed by atoms with Crippen molar-refractivity contribution >= 4 is 29.2 Å². The quantitative estimate of drug-likeness (QED) is 0.204. The Kier molecular flexibility index (Phi) is 8.35. The first-order chi connectivity index (χ1) is 19.7. The number of ether oxygens (including phenoxy) is 1. The second-order valence-corrected chi connectivity index (χ2v) is 10.2. The standard InChI is InChI=1S/C31H25ClF3N3O3/c1-41-29(40)13-17-6-8-19-21-14-26(37-16-24(21)34)20(4-2-3-5-28(39)38-27(19)12-17)25-11-7-18(15-36-25)30-23(33)10-9-22(32)31(30)35/h6-12,14-16,20H,2-5,13H2,1H3,(H,38,39). The summed E-state index contributed by atoms with van der Waals surface area (Å²) in [6.45, 7) is 0. The van der Waals surface area contributed by atoms with E-state index in [1.54, 1.807) is 36.4 Å². The van der Waals surface area contributed by atoms with Crippen LogP contribution in [0.4, 0.5) is 18.9 Å². The van der Waals surface area contributed by atoms with E-state index in [9.17, 15) is 18.4 Å². The van der Waals surface area contributed by atoms with Gasteiger partial charge in [-0.3, -0.25) is 19.6 Å². The number of nitrogens with one attached hydrogen (secondary N) is 1. The zero-order valence-corrected chi connectivity index (χ0v) is 22.8. The summed E-state index contributed by atoms with van der Waals surface area (Å²) in [5.74, 6) is -3.27. The Balaban J connectivity index is 1.56. The van der Waals surface area contributed by atoms with Crippen LogP contribution >= 0.6 is 11.6 Å². The van der Waals surface area contributed by atoms with Crippen LogP contribution in [0.3, 0.4) is 0 Å². The summed E-state index contributed by atoms with van der Waals surface area (Å²) in [5.41, 5.74) is 2.72. The van der Waals surface area contributed by atoms with E-state index in [0.29, 0.717) is 47.5 Å². The first kappa shape index (κ1) is 28.3. The molecule has 5 rings (SSSR count). The van der Waals surface area contributed by atoms with Crippen molar-refractivity contribution in [2.45, 2.75) is 38.0 Å². The van der Waals surface area contributed by atoms with Crippen LogP contribution in [0.25, 0.3) is 22.3 Å². The second-order valence-electron chi connectivity index (χ2n) is 9.76. The summed E-state index contributed by atoms with van der Waals surface area (Å²) in [7, 11) is 1.29. The van der Waals surface area contributed by atoms with Gasteiger partial charge >= 0.3 is 5.97 Å². The minimum atomic E-state index is -0.872. The zero-order valence-electron chi connectivity index (χ0n) is 22.0. The molecule has 0 saturated heterocycles. The maximum absolute atomic E-state index is 15.2. The van der Waals surface area contributed by atoms with Crippen molar-refractivity contribution in [2.24, 2.45) is 0 Å². The van der Waals surface area contributed by atoms with Gasteiger partial charge in [-0.2, -0.15) is 0 Å². The van der Waals surface area contributed by atoms with Crippen LogP contribution in [0.1, 0.15) is 48.6 Å². The third kappa shape index (κ3) is 6.10. The second kappa shape index (κ2) is 12.1. The molecule has 41 heavy (non-hydrogen) atoms. The average Bonchev–Trinajstić information content (AvgIpc) is 2.96. The number of pyridine rings is 2. The molecule has 1 aliphatic heterocycles. The highest BCUT2D eigenvalue weighted by atomic mass is 35.5. The molecule has 1 atom stereocenters. The molecule has 2 bridgehead atoms. The fourth-order valence-corrected chi connectivity index (χ4v) is 5.13. The average molecular weight is 580 g/mol. The van der Waals surface area contributed by atoms with Crippen molar-refractivity contribution in [3.8, 4) is 22.3 Å². The number of benzene rings is 2. The molecule has 0 saturated carbocycles. The maximum Gasteiger partial charge on any atom is 0.309 e. The van der Waals surface area contributed by atoms with Gasteiger partial charge in [0, 0.05) is 46.6 Å². The number of hydrogen-bond donors (Lipinski definition) is 1. The Labute approximate surface area is 239 Å². The van der Waals surface area contributed by atoms with Crippen LogP contribution in [0.15, 0.2) is 60.9 Å². The Morgan fingerprint density at radius 3 is 2.54 bits per heavy atom. The van der Waals surface area contributed by atoms with Crippen LogP contribution in [-0.2, 0) is 20.7 Å². The van der Waals surface area contributed by atoms with E-state index in [1.807, 2.05) is 0 Å². The topological polar surface area (TPSA) is 81.2 Å². The first-order valence-corrected chi connectivity index (χ1v) is 13.4. The van der Waals surface area contributed by atoms with E-state index in [0.717, 1.165) is 18.3 Å². The SMILES string of the molecule is COC(=O)Cc1ccc2c(c1)NC(=O)CCCCC(c1ccc(-c3c(F)ccc(Cl)c3F)cn1)c1cc-2c(F)cn1. The van der Waals surface area contributed by atoms with Crippen molar-refractivity contribution in [3.05, 3.63) is 100 Å². The third-order valence-electron chi connectivity index (χ3n) is 7.08. The van der Waals surface area contributed by atoms with E-state index in [1.165, 1.54) is 13.3 Å². The van der Waals surface area contributed by atoms with Gasteiger partial charge in [0.1, 0.15) is 11.6 Å². The molecule has 10 heteroatoms. The highest BCUT2D eigenvalue weighted by Gasteiger charge is 2.23. The highest BCUT2D eigenvalue weighted by Crippen LogP contribution is 2.37. The monoisotopic (exact) mass is 579 g/mol. The van der Waals surface area contributed by atoms with Gasteiger partial charge in [-0.1, -0.05) is 36.2 Å². The summed E-state index contributed by atoms with van der Waals surface area (Å²) < 4.78 is 49.0. The molecule has 3 heterocycles. The van der Waals surface area contributed by atoms with Gasteiger partial charge in [0.15, 0.2) is 5.82 Å². The van der Waals surface area contributed by atoms with Crippen molar-refractivity contribution in [1.82, 2.24) is 9.97 Å². The largest absolute Gasteiger partial charge is 0.469 e. The molecule has 0 aliphatic carbocycles. The normalized spacial score (nSPS) is 15.2. The third-order valence-corrected chi connectivity index (χ3v) is 7.37. The van der Waals surface area contributed by atoms with Crippen LogP contribution in [0, 0.1) is 17.5 Å². The van der Waals surface area contributed by atoms with E-state index >= 15 is 4.39 Å². The van der Waals surface area contributed by atoms with E-state index < -0.39 is 23.4 Å². The molecule has 6 nitrogen and oxygen atoms in total. The van der Waals surface area contributed by atoms with E-state index in [4.69, 9.17) is 16.3 Å². The number of hydrogen-bond acceptors (Lipinski definition) is 5. The predicted molar refractivity (Wildman–Crippen MR) is 149 cm³/mol. The van der Waals surface area contributed by atoms with Crippen molar-refractivity contribution in [2.75, 3.05) is 12.4 Å². The van der Waals surface area contributed by atoms with Gasteiger partial charge in [-0.15, -0.1) is 0 Å². The summed E-state index contributed by atoms with van der Waals surface area (Å²) >= 11 is 5.86. The van der Waals surface area contributed by atoms with Crippen LogP contribution in [-0.4, -0.2) is 29.0 Å². The lowest BCUT2D eigenvalue weighted by atomic mass is 9.90. The van der Waals surface area contributed by atoms with Gasteiger partial charge in [0.2, 0.25) is 5.91 Å². The Hall–Kier alpha value is -4.24. The number of aromatic nitrogens is 2. The number of rotatable bonds is 4. The number of amides is 1. The molecule has 0 spiro atoms. The number of carbonyl (C=O) groups excluding carboxylic acids is 2. The predicted octanol–water partition coefficient (Wildman–Crippen LogP) is 7.24. The number of anilines is 1. The molecule has 2 aromatic carbocycles. The van der Waals surface area contributed by atoms with Crippen LogP contribution < -0.4 is 5.32 Å². The molecule has 1 amide bonds. The zero-order chi connectivity index (χ0) is 29.1. The van der Waals surface area contributed by atoms with Crippen molar-refractivity contribution in [3.63, 3.8) is 0 Å². The molecule has 2 aromatic heterocycles. The molecule has 4 aromatic rings. The number of esters is 1. The van der Waals surface area contributed by atoms with Crippen LogP contribution in [0.5, 0.6) is 0 Å². The number of halogens is 4. The Morgan fingerprint density at radius 1 is 0.976 bits per heavy atom. The Morgan fingerprint density at radius 2 is 1.78 bits per heavy atom. The fraction of sp³-hybridized carbons (Fsp3) is 0.226. The molecule has 1 unspecified atom stereocenters. The number of methoxy groups -OCH3 is 1. The highest BCUT2D eigenvalue weighted by molar-refractivity contribution is 6.31. The summed E-state index contributed by atoms with van der Waals surface area (Å²) in [6, 6.07) is 12.1. The number of nitrogens with zero attached hydrogens (tertiary/aromatic N) is 2. The lowest BCUT2D eigenvalue weighted by molar-refractivity contribution is -0.139. The van der Waals surface area contributed by atoms with Crippen molar-refractivity contribution in [1.29, 1.82) is 0 Å².